The Balaban J connectivity index is 2.52. The second kappa shape index (κ2) is 7.84. The Morgan fingerprint density at radius 3 is 2.56 bits per heavy atom. The van der Waals surface area contributed by atoms with Crippen LogP contribution in [0.25, 0.3) is 0 Å². The summed E-state index contributed by atoms with van der Waals surface area (Å²) in [6, 6.07) is 9.86. The summed E-state index contributed by atoms with van der Waals surface area (Å²) in [5, 5.41) is 9.02. The number of benzene rings is 1. The average molecular weight is 251 g/mol. The lowest BCUT2D eigenvalue weighted by Gasteiger charge is -2.21. The van der Waals surface area contributed by atoms with Gasteiger partial charge in [-0.25, -0.2) is 0 Å². The van der Waals surface area contributed by atoms with Gasteiger partial charge in [0.2, 0.25) is 0 Å². The molecule has 18 heavy (non-hydrogen) atoms. The van der Waals surface area contributed by atoms with Crippen molar-refractivity contribution < 1.29 is 14.6 Å². The van der Waals surface area contributed by atoms with E-state index in [0.29, 0.717) is 13.1 Å². The SMILES string of the molecule is CC(C)OC(=O)CN(CCO)Cc1ccccc1. The van der Waals surface area contributed by atoms with Crippen LogP contribution in [0, 0.1) is 0 Å². The van der Waals surface area contributed by atoms with E-state index in [1.165, 1.54) is 0 Å². The van der Waals surface area contributed by atoms with E-state index in [-0.39, 0.29) is 25.2 Å². The second-order valence-corrected chi connectivity index (χ2v) is 4.46. The summed E-state index contributed by atoms with van der Waals surface area (Å²) in [4.78, 5) is 13.5. The zero-order valence-electron chi connectivity index (χ0n) is 11.0. The van der Waals surface area contributed by atoms with E-state index < -0.39 is 0 Å². The summed E-state index contributed by atoms with van der Waals surface area (Å²) in [6.07, 6.45) is -0.106. The molecule has 100 valence electrons. The summed E-state index contributed by atoms with van der Waals surface area (Å²) in [5.74, 6) is -0.255. The fourth-order valence-corrected chi connectivity index (χ4v) is 1.68. The molecule has 0 heterocycles. The molecule has 0 saturated carbocycles. The fourth-order valence-electron chi connectivity index (χ4n) is 1.68. The maximum Gasteiger partial charge on any atom is 0.320 e. The van der Waals surface area contributed by atoms with E-state index >= 15 is 0 Å². The molecule has 4 heteroatoms. The molecule has 4 nitrogen and oxygen atoms in total. The summed E-state index contributed by atoms with van der Waals surface area (Å²) >= 11 is 0. The molecule has 0 fully saturated rings. The smallest absolute Gasteiger partial charge is 0.320 e. The van der Waals surface area contributed by atoms with Gasteiger partial charge in [0.1, 0.15) is 0 Å². The van der Waals surface area contributed by atoms with Gasteiger partial charge in [-0.05, 0) is 19.4 Å². The highest BCUT2D eigenvalue weighted by Gasteiger charge is 2.12. The largest absolute Gasteiger partial charge is 0.462 e. The number of hydrogen-bond acceptors (Lipinski definition) is 4. The Bertz CT molecular complexity index is 351. The van der Waals surface area contributed by atoms with Gasteiger partial charge < -0.3 is 9.84 Å². The van der Waals surface area contributed by atoms with Crippen LogP contribution in [0.2, 0.25) is 0 Å². The molecule has 0 saturated heterocycles. The van der Waals surface area contributed by atoms with Gasteiger partial charge >= 0.3 is 5.97 Å². The number of ether oxygens (including phenoxy) is 1. The fraction of sp³-hybridized carbons (Fsp3) is 0.500. The minimum Gasteiger partial charge on any atom is -0.462 e. The highest BCUT2D eigenvalue weighted by Crippen LogP contribution is 2.04. The third-order valence-corrected chi connectivity index (χ3v) is 2.39. The topological polar surface area (TPSA) is 49.8 Å². The van der Waals surface area contributed by atoms with Crippen LogP contribution < -0.4 is 0 Å². The predicted octanol–water partition coefficient (Wildman–Crippen LogP) is 1.43. The Kier molecular flexibility index (Phi) is 6.39. The highest BCUT2D eigenvalue weighted by molar-refractivity contribution is 5.71. The Labute approximate surface area is 108 Å². The molecule has 0 aromatic heterocycles. The van der Waals surface area contributed by atoms with Gasteiger partial charge in [0, 0.05) is 13.1 Å². The summed E-state index contributed by atoms with van der Waals surface area (Å²) in [5.41, 5.74) is 1.11. The van der Waals surface area contributed by atoms with Gasteiger partial charge in [-0.2, -0.15) is 0 Å². The first-order valence-electron chi connectivity index (χ1n) is 6.18. The molecule has 1 rings (SSSR count). The van der Waals surface area contributed by atoms with Crippen molar-refractivity contribution in [3.63, 3.8) is 0 Å². The lowest BCUT2D eigenvalue weighted by atomic mass is 10.2. The standard InChI is InChI=1S/C14H21NO3/c1-12(2)18-14(17)11-15(8-9-16)10-13-6-4-3-5-7-13/h3-7,12,16H,8-11H2,1-2H3. The minimum absolute atomic E-state index is 0.0296. The van der Waals surface area contributed by atoms with Gasteiger partial charge in [0.15, 0.2) is 0 Å². The van der Waals surface area contributed by atoms with E-state index in [1.54, 1.807) is 0 Å². The normalized spacial score (nSPS) is 10.9. The minimum atomic E-state index is -0.255. The first kappa shape index (κ1) is 14.7. The number of carbonyl (C=O) groups excluding carboxylic acids is 1. The van der Waals surface area contributed by atoms with Crippen molar-refractivity contribution in [3.8, 4) is 0 Å². The molecule has 0 radical (unpaired) electrons. The third-order valence-electron chi connectivity index (χ3n) is 2.39. The molecule has 0 amide bonds. The number of rotatable bonds is 7. The molecule has 0 aliphatic carbocycles. The van der Waals surface area contributed by atoms with E-state index in [1.807, 2.05) is 49.1 Å². The maximum atomic E-state index is 11.6. The van der Waals surface area contributed by atoms with Crippen molar-refractivity contribution in [1.29, 1.82) is 0 Å². The Hall–Kier alpha value is -1.39. The van der Waals surface area contributed by atoms with Crippen molar-refractivity contribution in [1.82, 2.24) is 4.90 Å². The second-order valence-electron chi connectivity index (χ2n) is 4.46. The lowest BCUT2D eigenvalue weighted by molar-refractivity contribution is -0.148. The molecule has 1 aromatic carbocycles. The Morgan fingerprint density at radius 1 is 1.33 bits per heavy atom. The van der Waals surface area contributed by atoms with Gasteiger partial charge in [-0.1, -0.05) is 30.3 Å². The van der Waals surface area contributed by atoms with Crippen LogP contribution in [-0.2, 0) is 16.1 Å². The van der Waals surface area contributed by atoms with Crippen LogP contribution in [-0.4, -0.2) is 41.8 Å². The first-order valence-corrected chi connectivity index (χ1v) is 6.18. The van der Waals surface area contributed by atoms with Crippen molar-refractivity contribution in [2.75, 3.05) is 19.7 Å². The van der Waals surface area contributed by atoms with Gasteiger partial charge in [0.05, 0.1) is 19.3 Å². The molecule has 0 bridgehead atoms. The number of carbonyl (C=O) groups is 1. The first-order chi connectivity index (χ1) is 8.61. The Morgan fingerprint density at radius 2 is 2.00 bits per heavy atom. The molecule has 0 aliphatic rings. The predicted molar refractivity (Wildman–Crippen MR) is 70.0 cm³/mol. The molecule has 1 N–H and O–H groups in total. The van der Waals surface area contributed by atoms with Crippen LogP contribution in [0.3, 0.4) is 0 Å². The van der Waals surface area contributed by atoms with Gasteiger partial charge in [-0.3, -0.25) is 9.69 Å². The number of aliphatic hydroxyl groups excluding tert-OH is 1. The molecule has 0 aliphatic heterocycles. The zero-order chi connectivity index (χ0) is 13.4. The van der Waals surface area contributed by atoms with E-state index in [4.69, 9.17) is 9.84 Å². The molecular weight excluding hydrogens is 230 g/mol. The highest BCUT2D eigenvalue weighted by atomic mass is 16.5. The summed E-state index contributed by atoms with van der Waals surface area (Å²) < 4.78 is 5.10. The molecule has 0 unspecified atom stereocenters. The zero-order valence-corrected chi connectivity index (χ0v) is 11.0. The van der Waals surface area contributed by atoms with E-state index in [9.17, 15) is 4.79 Å². The quantitative estimate of drug-likeness (QED) is 0.745. The van der Waals surface area contributed by atoms with Crippen LogP contribution in [0.1, 0.15) is 19.4 Å². The molecule has 0 spiro atoms. The van der Waals surface area contributed by atoms with Crippen molar-refractivity contribution >= 4 is 5.97 Å². The third kappa shape index (κ3) is 5.80. The summed E-state index contributed by atoms with van der Waals surface area (Å²) in [7, 11) is 0. The van der Waals surface area contributed by atoms with Crippen LogP contribution in [0.5, 0.6) is 0 Å². The van der Waals surface area contributed by atoms with E-state index in [0.717, 1.165) is 5.56 Å². The van der Waals surface area contributed by atoms with Crippen molar-refractivity contribution in [2.24, 2.45) is 0 Å². The number of esters is 1. The monoisotopic (exact) mass is 251 g/mol. The lowest BCUT2D eigenvalue weighted by Crippen LogP contribution is -2.33. The number of aliphatic hydroxyl groups is 1. The summed E-state index contributed by atoms with van der Waals surface area (Å²) in [6.45, 7) is 4.98. The number of nitrogens with zero attached hydrogens (tertiary/aromatic N) is 1. The molecule has 1 aromatic rings. The van der Waals surface area contributed by atoms with Crippen molar-refractivity contribution in [2.45, 2.75) is 26.5 Å². The molecular formula is C14H21NO3. The maximum absolute atomic E-state index is 11.6. The van der Waals surface area contributed by atoms with Crippen LogP contribution in [0.4, 0.5) is 0 Å². The van der Waals surface area contributed by atoms with Crippen LogP contribution in [0.15, 0.2) is 30.3 Å². The molecule has 0 atom stereocenters. The average Bonchev–Trinajstić information content (AvgIpc) is 2.29. The van der Waals surface area contributed by atoms with Gasteiger partial charge in [-0.15, -0.1) is 0 Å². The van der Waals surface area contributed by atoms with E-state index in [2.05, 4.69) is 0 Å². The van der Waals surface area contributed by atoms with Crippen molar-refractivity contribution in [3.05, 3.63) is 35.9 Å². The number of hydrogen-bond donors (Lipinski definition) is 1. The van der Waals surface area contributed by atoms with Crippen LogP contribution >= 0.6 is 0 Å². The van der Waals surface area contributed by atoms with Gasteiger partial charge in [0.25, 0.3) is 0 Å².